The fourth-order valence-corrected chi connectivity index (χ4v) is 2.09. The SMILES string of the molecule is O=C(NCC(=O)N1CCCO1)c1ccccc1Br. The number of amides is 2. The summed E-state index contributed by atoms with van der Waals surface area (Å²) in [6.45, 7) is 1.09. The van der Waals surface area contributed by atoms with Crippen LogP contribution in [0.25, 0.3) is 0 Å². The van der Waals surface area contributed by atoms with Gasteiger partial charge in [-0.3, -0.25) is 14.4 Å². The Morgan fingerprint density at radius 1 is 1.39 bits per heavy atom. The molecule has 6 heteroatoms. The number of nitrogens with zero attached hydrogens (tertiary/aromatic N) is 1. The molecule has 1 heterocycles. The lowest BCUT2D eigenvalue weighted by molar-refractivity contribution is -0.167. The van der Waals surface area contributed by atoms with Gasteiger partial charge in [0.25, 0.3) is 11.8 Å². The van der Waals surface area contributed by atoms with E-state index in [2.05, 4.69) is 21.2 Å². The number of rotatable bonds is 3. The second-order valence-electron chi connectivity index (χ2n) is 3.85. The topological polar surface area (TPSA) is 58.6 Å². The van der Waals surface area contributed by atoms with Crippen LogP contribution in [0.5, 0.6) is 0 Å². The Hall–Kier alpha value is -1.40. The van der Waals surface area contributed by atoms with Crippen molar-refractivity contribution in [1.29, 1.82) is 0 Å². The van der Waals surface area contributed by atoms with E-state index >= 15 is 0 Å². The number of carbonyl (C=O) groups excluding carboxylic acids is 2. The monoisotopic (exact) mass is 312 g/mol. The van der Waals surface area contributed by atoms with E-state index in [1.807, 2.05) is 6.07 Å². The molecule has 0 aromatic heterocycles. The van der Waals surface area contributed by atoms with Gasteiger partial charge in [-0.25, -0.2) is 5.06 Å². The van der Waals surface area contributed by atoms with E-state index in [0.29, 0.717) is 23.2 Å². The van der Waals surface area contributed by atoms with Crippen LogP contribution in [0.4, 0.5) is 0 Å². The van der Waals surface area contributed by atoms with Crippen molar-refractivity contribution in [2.24, 2.45) is 0 Å². The van der Waals surface area contributed by atoms with Gasteiger partial charge in [-0.15, -0.1) is 0 Å². The van der Waals surface area contributed by atoms with Crippen LogP contribution in [-0.4, -0.2) is 36.6 Å². The van der Waals surface area contributed by atoms with Crippen LogP contribution in [-0.2, 0) is 9.63 Å². The van der Waals surface area contributed by atoms with E-state index < -0.39 is 0 Å². The molecule has 1 aromatic rings. The van der Waals surface area contributed by atoms with Gasteiger partial charge in [0.05, 0.1) is 25.3 Å². The number of nitrogens with one attached hydrogen (secondary N) is 1. The third-order valence-corrected chi connectivity index (χ3v) is 3.24. The summed E-state index contributed by atoms with van der Waals surface area (Å²) in [6.07, 6.45) is 0.837. The Bertz CT molecular complexity index is 458. The van der Waals surface area contributed by atoms with E-state index in [4.69, 9.17) is 4.84 Å². The molecular weight excluding hydrogens is 300 g/mol. The number of benzene rings is 1. The van der Waals surface area contributed by atoms with Gasteiger partial charge >= 0.3 is 0 Å². The Balaban J connectivity index is 1.88. The van der Waals surface area contributed by atoms with E-state index in [1.54, 1.807) is 18.2 Å². The summed E-state index contributed by atoms with van der Waals surface area (Å²) in [7, 11) is 0. The molecule has 0 unspecified atom stereocenters. The quantitative estimate of drug-likeness (QED) is 0.916. The maximum atomic E-state index is 11.8. The maximum absolute atomic E-state index is 11.8. The second kappa shape index (κ2) is 5.97. The second-order valence-corrected chi connectivity index (χ2v) is 4.70. The van der Waals surface area contributed by atoms with Crippen molar-refractivity contribution in [3.63, 3.8) is 0 Å². The number of hydrogen-bond acceptors (Lipinski definition) is 3. The van der Waals surface area contributed by atoms with Crippen molar-refractivity contribution in [2.45, 2.75) is 6.42 Å². The van der Waals surface area contributed by atoms with Gasteiger partial charge in [-0.05, 0) is 34.5 Å². The van der Waals surface area contributed by atoms with Gasteiger partial charge in [-0.2, -0.15) is 0 Å². The molecule has 0 aliphatic carbocycles. The molecule has 96 valence electrons. The highest BCUT2D eigenvalue weighted by Gasteiger charge is 2.20. The number of halogens is 1. The predicted octanol–water partition coefficient (Wildman–Crippen LogP) is 1.34. The molecule has 0 bridgehead atoms. The van der Waals surface area contributed by atoms with Crippen molar-refractivity contribution in [3.05, 3.63) is 34.3 Å². The first-order chi connectivity index (χ1) is 8.68. The van der Waals surface area contributed by atoms with Crippen LogP contribution in [0, 0.1) is 0 Å². The number of hydrogen-bond donors (Lipinski definition) is 1. The summed E-state index contributed by atoms with van der Waals surface area (Å²) in [5.41, 5.74) is 0.507. The highest BCUT2D eigenvalue weighted by molar-refractivity contribution is 9.10. The molecule has 5 nitrogen and oxygen atoms in total. The smallest absolute Gasteiger partial charge is 0.265 e. The van der Waals surface area contributed by atoms with Crippen LogP contribution >= 0.6 is 15.9 Å². The Morgan fingerprint density at radius 2 is 2.17 bits per heavy atom. The minimum absolute atomic E-state index is 0.0554. The summed E-state index contributed by atoms with van der Waals surface area (Å²) in [5.74, 6) is -0.511. The van der Waals surface area contributed by atoms with Gasteiger partial charge < -0.3 is 5.32 Å². The third-order valence-electron chi connectivity index (χ3n) is 2.55. The van der Waals surface area contributed by atoms with Gasteiger partial charge in [-0.1, -0.05) is 12.1 Å². The summed E-state index contributed by atoms with van der Waals surface area (Å²) < 4.78 is 0.701. The first kappa shape index (κ1) is 13.0. The molecule has 18 heavy (non-hydrogen) atoms. The fraction of sp³-hybridized carbons (Fsp3) is 0.333. The molecule has 1 aliphatic heterocycles. The van der Waals surface area contributed by atoms with Crippen LogP contribution in [0.2, 0.25) is 0 Å². The van der Waals surface area contributed by atoms with Gasteiger partial charge in [0, 0.05) is 4.47 Å². The standard InChI is InChI=1S/C12H13BrN2O3/c13-10-5-2-1-4-9(10)12(17)14-8-11(16)15-6-3-7-18-15/h1-2,4-5H,3,6-8H2,(H,14,17). The zero-order valence-corrected chi connectivity index (χ0v) is 11.3. The summed E-state index contributed by atoms with van der Waals surface area (Å²) in [4.78, 5) is 28.6. The average Bonchev–Trinajstić information content (AvgIpc) is 2.90. The first-order valence-corrected chi connectivity index (χ1v) is 6.44. The van der Waals surface area contributed by atoms with Gasteiger partial charge in [0.15, 0.2) is 0 Å². The lowest BCUT2D eigenvalue weighted by atomic mass is 10.2. The van der Waals surface area contributed by atoms with Crippen molar-refractivity contribution in [3.8, 4) is 0 Å². The molecule has 0 radical (unpaired) electrons. The summed E-state index contributed by atoms with van der Waals surface area (Å²) in [6, 6.07) is 7.06. The van der Waals surface area contributed by atoms with E-state index in [-0.39, 0.29) is 18.4 Å². The van der Waals surface area contributed by atoms with Crippen molar-refractivity contribution in [2.75, 3.05) is 19.7 Å². The fourth-order valence-electron chi connectivity index (χ4n) is 1.63. The molecule has 1 fully saturated rings. The summed E-state index contributed by atoms with van der Waals surface area (Å²) in [5, 5.41) is 3.87. The zero-order valence-electron chi connectivity index (χ0n) is 9.69. The highest BCUT2D eigenvalue weighted by atomic mass is 79.9. The molecule has 2 rings (SSSR count). The molecular formula is C12H13BrN2O3. The minimum Gasteiger partial charge on any atom is -0.343 e. The molecule has 1 aliphatic rings. The molecule has 1 N–H and O–H groups in total. The minimum atomic E-state index is -0.282. The van der Waals surface area contributed by atoms with Crippen LogP contribution in [0.3, 0.4) is 0 Å². The maximum Gasteiger partial charge on any atom is 0.265 e. The number of carbonyl (C=O) groups is 2. The zero-order chi connectivity index (χ0) is 13.0. The number of hydroxylamine groups is 2. The van der Waals surface area contributed by atoms with Gasteiger partial charge in [0.2, 0.25) is 0 Å². The van der Waals surface area contributed by atoms with Crippen molar-refractivity contribution >= 4 is 27.7 Å². The summed E-state index contributed by atoms with van der Waals surface area (Å²) >= 11 is 3.29. The molecule has 0 spiro atoms. The van der Waals surface area contributed by atoms with E-state index in [1.165, 1.54) is 5.06 Å². The molecule has 0 atom stereocenters. The van der Waals surface area contributed by atoms with Crippen LogP contribution in [0.15, 0.2) is 28.7 Å². The molecule has 0 saturated carbocycles. The average molecular weight is 313 g/mol. The normalized spacial score (nSPS) is 14.6. The third kappa shape index (κ3) is 3.08. The predicted molar refractivity (Wildman–Crippen MR) is 68.8 cm³/mol. The lowest BCUT2D eigenvalue weighted by Crippen LogP contribution is -2.38. The highest BCUT2D eigenvalue weighted by Crippen LogP contribution is 2.15. The van der Waals surface area contributed by atoms with Gasteiger partial charge in [0.1, 0.15) is 0 Å². The largest absolute Gasteiger partial charge is 0.343 e. The van der Waals surface area contributed by atoms with Crippen molar-refractivity contribution in [1.82, 2.24) is 10.4 Å². The Labute approximate surface area is 113 Å². The molecule has 1 aromatic carbocycles. The first-order valence-electron chi connectivity index (χ1n) is 5.64. The Morgan fingerprint density at radius 3 is 2.83 bits per heavy atom. The van der Waals surface area contributed by atoms with E-state index in [0.717, 1.165) is 6.42 Å². The Kier molecular flexibility index (Phi) is 4.33. The lowest BCUT2D eigenvalue weighted by Gasteiger charge is -2.14. The van der Waals surface area contributed by atoms with Crippen LogP contribution in [0.1, 0.15) is 16.8 Å². The van der Waals surface area contributed by atoms with E-state index in [9.17, 15) is 9.59 Å². The van der Waals surface area contributed by atoms with Crippen LogP contribution < -0.4 is 5.32 Å². The van der Waals surface area contributed by atoms with Crippen molar-refractivity contribution < 1.29 is 14.4 Å². The molecule has 2 amide bonds. The molecule has 1 saturated heterocycles.